The molecule has 0 bridgehead atoms. The Balaban J connectivity index is 2.34. The maximum atomic E-state index is 6.00. The van der Waals surface area contributed by atoms with Gasteiger partial charge in [-0.05, 0) is 42.6 Å². The summed E-state index contributed by atoms with van der Waals surface area (Å²) in [5.41, 5.74) is 1.37. The summed E-state index contributed by atoms with van der Waals surface area (Å²) < 4.78 is 0.853. The van der Waals surface area contributed by atoms with E-state index >= 15 is 0 Å². The fraction of sp³-hybridized carbons (Fsp3) is 0.333. The molecule has 0 spiro atoms. The monoisotopic (exact) mass is 271 g/mol. The van der Waals surface area contributed by atoms with Gasteiger partial charge in [0.05, 0.1) is 10.4 Å². The number of hydrogen-bond acceptors (Lipinski definition) is 3. The molecular weight excluding hydrogens is 258 g/mol. The van der Waals surface area contributed by atoms with Crippen LogP contribution < -0.4 is 5.32 Å². The van der Waals surface area contributed by atoms with Gasteiger partial charge in [0.2, 0.25) is 0 Å². The lowest BCUT2D eigenvalue weighted by molar-refractivity contribution is 0.639. The number of halogens is 1. The third-order valence-corrected chi connectivity index (χ3v) is 4.65. The highest BCUT2D eigenvalue weighted by Gasteiger charge is 2.17. The zero-order valence-corrected chi connectivity index (χ0v) is 11.7. The van der Waals surface area contributed by atoms with Crippen LogP contribution in [0.1, 0.15) is 28.3 Å². The van der Waals surface area contributed by atoms with Crippen molar-refractivity contribution in [3.8, 4) is 0 Å². The van der Waals surface area contributed by atoms with E-state index in [2.05, 4.69) is 36.7 Å². The normalized spacial score (nSPS) is 12.9. The van der Waals surface area contributed by atoms with Crippen LogP contribution >= 0.6 is 34.3 Å². The zero-order valence-electron chi connectivity index (χ0n) is 9.29. The Morgan fingerprint density at radius 1 is 1.38 bits per heavy atom. The SMILES string of the molecule is CCNC(c1ccc(Cl)s1)c1ccsc1C. The van der Waals surface area contributed by atoms with Crippen molar-refractivity contribution in [2.24, 2.45) is 0 Å². The van der Waals surface area contributed by atoms with Crippen LogP contribution in [0, 0.1) is 6.92 Å². The van der Waals surface area contributed by atoms with Crippen molar-refractivity contribution in [2.45, 2.75) is 19.9 Å². The first-order chi connectivity index (χ1) is 7.72. The molecule has 1 nitrogen and oxygen atoms in total. The molecule has 0 amide bonds. The summed E-state index contributed by atoms with van der Waals surface area (Å²) in [5, 5.41) is 5.66. The number of rotatable bonds is 4. The molecule has 1 atom stereocenters. The lowest BCUT2D eigenvalue weighted by Gasteiger charge is -2.16. The van der Waals surface area contributed by atoms with Gasteiger partial charge >= 0.3 is 0 Å². The molecular formula is C12H14ClNS2. The van der Waals surface area contributed by atoms with E-state index in [9.17, 15) is 0 Å². The molecule has 0 saturated heterocycles. The first-order valence-corrected chi connectivity index (χ1v) is 7.32. The predicted octanol–water partition coefficient (Wildman–Crippen LogP) is 4.47. The average molecular weight is 272 g/mol. The lowest BCUT2D eigenvalue weighted by atomic mass is 10.1. The Morgan fingerprint density at radius 3 is 2.69 bits per heavy atom. The van der Waals surface area contributed by atoms with E-state index in [0.29, 0.717) is 0 Å². The number of aryl methyl sites for hydroxylation is 1. The highest BCUT2D eigenvalue weighted by molar-refractivity contribution is 7.16. The van der Waals surface area contributed by atoms with Crippen molar-refractivity contribution < 1.29 is 0 Å². The zero-order chi connectivity index (χ0) is 11.5. The molecule has 1 unspecified atom stereocenters. The van der Waals surface area contributed by atoms with Crippen LogP contribution in [0.2, 0.25) is 4.34 Å². The Kier molecular flexibility index (Phi) is 4.03. The topological polar surface area (TPSA) is 12.0 Å². The standard InChI is InChI=1S/C12H14ClNS2/c1-3-14-12(9-6-7-15-8(9)2)10-4-5-11(13)16-10/h4-7,12,14H,3H2,1-2H3. The molecule has 2 rings (SSSR count). The highest BCUT2D eigenvalue weighted by atomic mass is 35.5. The van der Waals surface area contributed by atoms with Gasteiger partial charge in [-0.3, -0.25) is 0 Å². The first kappa shape index (κ1) is 12.1. The van der Waals surface area contributed by atoms with E-state index in [1.165, 1.54) is 15.3 Å². The van der Waals surface area contributed by atoms with Crippen molar-refractivity contribution in [3.63, 3.8) is 0 Å². The van der Waals surface area contributed by atoms with Crippen LogP contribution in [-0.4, -0.2) is 6.54 Å². The Bertz CT molecular complexity index is 461. The Morgan fingerprint density at radius 2 is 2.19 bits per heavy atom. The molecule has 0 fully saturated rings. The third kappa shape index (κ3) is 2.48. The minimum atomic E-state index is 0.286. The summed E-state index contributed by atoms with van der Waals surface area (Å²) in [6.45, 7) is 5.25. The van der Waals surface area contributed by atoms with Crippen LogP contribution in [0.15, 0.2) is 23.6 Å². The molecule has 16 heavy (non-hydrogen) atoms. The fourth-order valence-corrected chi connectivity index (χ4v) is 3.64. The van der Waals surface area contributed by atoms with E-state index in [4.69, 9.17) is 11.6 Å². The minimum absolute atomic E-state index is 0.286. The molecule has 86 valence electrons. The lowest BCUT2D eigenvalue weighted by Crippen LogP contribution is -2.21. The van der Waals surface area contributed by atoms with Crippen LogP contribution in [-0.2, 0) is 0 Å². The van der Waals surface area contributed by atoms with E-state index in [-0.39, 0.29) is 6.04 Å². The maximum absolute atomic E-state index is 6.00. The smallest absolute Gasteiger partial charge is 0.0931 e. The molecule has 0 aromatic carbocycles. The molecule has 0 saturated carbocycles. The van der Waals surface area contributed by atoms with Crippen LogP contribution in [0.4, 0.5) is 0 Å². The number of nitrogens with one attached hydrogen (secondary N) is 1. The van der Waals surface area contributed by atoms with E-state index < -0.39 is 0 Å². The third-order valence-electron chi connectivity index (χ3n) is 2.50. The second kappa shape index (κ2) is 5.32. The molecule has 2 heterocycles. The summed E-state index contributed by atoms with van der Waals surface area (Å²) >= 11 is 9.44. The molecule has 0 aliphatic carbocycles. The molecule has 1 N–H and O–H groups in total. The number of hydrogen-bond donors (Lipinski definition) is 1. The summed E-state index contributed by atoms with van der Waals surface area (Å²) in [5.74, 6) is 0. The van der Waals surface area contributed by atoms with E-state index in [1.807, 2.05) is 6.07 Å². The second-order valence-electron chi connectivity index (χ2n) is 3.56. The molecule has 4 heteroatoms. The van der Waals surface area contributed by atoms with Crippen molar-refractivity contribution in [2.75, 3.05) is 6.54 Å². The largest absolute Gasteiger partial charge is 0.306 e. The minimum Gasteiger partial charge on any atom is -0.306 e. The summed E-state index contributed by atoms with van der Waals surface area (Å²) in [6.07, 6.45) is 0. The van der Waals surface area contributed by atoms with Crippen molar-refractivity contribution >= 4 is 34.3 Å². The Labute approximate surface area is 109 Å². The maximum Gasteiger partial charge on any atom is 0.0931 e. The van der Waals surface area contributed by atoms with Crippen molar-refractivity contribution in [1.82, 2.24) is 5.32 Å². The first-order valence-electron chi connectivity index (χ1n) is 5.25. The number of thiophene rings is 2. The predicted molar refractivity (Wildman–Crippen MR) is 73.9 cm³/mol. The molecule has 0 aliphatic rings. The van der Waals surface area contributed by atoms with Crippen molar-refractivity contribution in [1.29, 1.82) is 0 Å². The van der Waals surface area contributed by atoms with Gasteiger partial charge in [-0.2, -0.15) is 0 Å². The molecule has 2 aromatic heterocycles. The van der Waals surface area contributed by atoms with Gasteiger partial charge in [0.25, 0.3) is 0 Å². The summed E-state index contributed by atoms with van der Waals surface area (Å²) in [7, 11) is 0. The highest BCUT2D eigenvalue weighted by Crippen LogP contribution is 2.33. The fourth-order valence-electron chi connectivity index (χ4n) is 1.75. The van der Waals surface area contributed by atoms with Gasteiger partial charge in [0.1, 0.15) is 0 Å². The van der Waals surface area contributed by atoms with E-state index in [0.717, 1.165) is 10.9 Å². The summed E-state index contributed by atoms with van der Waals surface area (Å²) in [6, 6.07) is 6.56. The van der Waals surface area contributed by atoms with Crippen LogP contribution in [0.25, 0.3) is 0 Å². The Hall–Kier alpha value is -0.350. The molecule has 2 aromatic rings. The van der Waals surface area contributed by atoms with Crippen LogP contribution in [0.3, 0.4) is 0 Å². The van der Waals surface area contributed by atoms with Gasteiger partial charge in [-0.25, -0.2) is 0 Å². The van der Waals surface area contributed by atoms with Crippen LogP contribution in [0.5, 0.6) is 0 Å². The molecule has 0 aliphatic heterocycles. The quantitative estimate of drug-likeness (QED) is 0.865. The molecule has 0 radical (unpaired) electrons. The van der Waals surface area contributed by atoms with Gasteiger partial charge in [-0.1, -0.05) is 18.5 Å². The van der Waals surface area contributed by atoms with Crippen molar-refractivity contribution in [3.05, 3.63) is 43.2 Å². The van der Waals surface area contributed by atoms with E-state index in [1.54, 1.807) is 22.7 Å². The summed E-state index contributed by atoms with van der Waals surface area (Å²) in [4.78, 5) is 2.66. The average Bonchev–Trinajstić information content (AvgIpc) is 2.84. The second-order valence-corrected chi connectivity index (χ2v) is 6.43. The van der Waals surface area contributed by atoms with Gasteiger partial charge in [-0.15, -0.1) is 22.7 Å². The van der Waals surface area contributed by atoms with Gasteiger partial charge in [0.15, 0.2) is 0 Å². The van der Waals surface area contributed by atoms with Gasteiger partial charge in [0, 0.05) is 9.75 Å². The van der Waals surface area contributed by atoms with Gasteiger partial charge < -0.3 is 5.32 Å².